The van der Waals surface area contributed by atoms with Crippen molar-refractivity contribution in [1.29, 1.82) is 0 Å². The van der Waals surface area contributed by atoms with Crippen LogP contribution >= 0.6 is 0 Å². The summed E-state index contributed by atoms with van der Waals surface area (Å²) < 4.78 is 0. The molecule has 0 unspecified atom stereocenters. The van der Waals surface area contributed by atoms with Gasteiger partial charge in [-0.15, -0.1) is 0 Å². The van der Waals surface area contributed by atoms with E-state index in [1.807, 2.05) is 60.7 Å². The van der Waals surface area contributed by atoms with Crippen molar-refractivity contribution in [2.75, 3.05) is 66.5 Å². The molecule has 0 radical (unpaired) electrons. The average Bonchev–Trinajstić information content (AvgIpc) is 3.86. The van der Waals surface area contributed by atoms with Gasteiger partial charge in [-0.2, -0.15) is 0 Å². The molecular formula is C50H56N6O2. The van der Waals surface area contributed by atoms with Crippen LogP contribution in [0.4, 0.5) is 11.4 Å². The highest BCUT2D eigenvalue weighted by molar-refractivity contribution is 6.13. The van der Waals surface area contributed by atoms with Crippen LogP contribution in [0, 0.1) is 0 Å². The summed E-state index contributed by atoms with van der Waals surface area (Å²) in [4.78, 5) is 20.2. The molecule has 0 saturated carbocycles. The van der Waals surface area contributed by atoms with Crippen molar-refractivity contribution in [3.8, 4) is 22.6 Å². The van der Waals surface area contributed by atoms with Gasteiger partial charge in [0, 0.05) is 86.0 Å². The van der Waals surface area contributed by atoms with E-state index in [-0.39, 0.29) is 11.5 Å². The molecule has 298 valence electrons. The Hall–Kier alpha value is -5.38. The van der Waals surface area contributed by atoms with Crippen molar-refractivity contribution < 1.29 is 10.2 Å². The highest BCUT2D eigenvalue weighted by Gasteiger charge is 2.28. The molecule has 3 aliphatic heterocycles. The Morgan fingerprint density at radius 1 is 0.500 bits per heavy atom. The van der Waals surface area contributed by atoms with Crippen LogP contribution in [0.3, 0.4) is 0 Å². The Labute approximate surface area is 343 Å². The van der Waals surface area contributed by atoms with Gasteiger partial charge in [0.15, 0.2) is 0 Å². The Balaban J connectivity index is 0.000000197. The Morgan fingerprint density at radius 3 is 1.29 bits per heavy atom. The van der Waals surface area contributed by atoms with E-state index in [0.29, 0.717) is 11.1 Å². The van der Waals surface area contributed by atoms with E-state index in [1.165, 1.54) is 78.0 Å². The number of rotatable bonds is 9. The van der Waals surface area contributed by atoms with Crippen molar-refractivity contribution in [2.24, 2.45) is 9.98 Å². The number of hydrogen-bond donors (Lipinski definition) is 2. The summed E-state index contributed by atoms with van der Waals surface area (Å²) in [5, 5.41) is 24.9. The molecule has 8 heteroatoms. The normalized spacial score (nSPS) is 19.8. The van der Waals surface area contributed by atoms with E-state index in [4.69, 9.17) is 9.98 Å². The van der Waals surface area contributed by atoms with Gasteiger partial charge in [-0.05, 0) is 111 Å². The molecule has 0 bridgehead atoms. The third-order valence-corrected chi connectivity index (χ3v) is 12.4. The first-order valence-corrected chi connectivity index (χ1v) is 20.9. The van der Waals surface area contributed by atoms with Crippen molar-refractivity contribution in [3.63, 3.8) is 0 Å². The number of likely N-dealkylation sites (N-methyl/N-ethyl adjacent to an activating group) is 2. The predicted molar refractivity (Wildman–Crippen MR) is 242 cm³/mol. The Morgan fingerprint density at radius 2 is 0.897 bits per heavy atom. The van der Waals surface area contributed by atoms with Gasteiger partial charge >= 0.3 is 0 Å². The number of nitrogens with zero attached hydrogens (tertiary/aromatic N) is 6. The van der Waals surface area contributed by atoms with E-state index in [2.05, 4.69) is 70.1 Å². The minimum atomic E-state index is 0.178. The molecular weight excluding hydrogens is 717 g/mol. The van der Waals surface area contributed by atoms with Crippen LogP contribution in [0.5, 0.6) is 11.5 Å². The van der Waals surface area contributed by atoms with Crippen molar-refractivity contribution in [3.05, 3.63) is 132 Å². The number of piperazine rings is 1. The van der Waals surface area contributed by atoms with Gasteiger partial charge in [-0.1, -0.05) is 84.9 Å². The molecule has 6 aromatic rings. The Kier molecular flexibility index (Phi) is 12.6. The number of fused-ring (bicyclic) bond motifs is 2. The van der Waals surface area contributed by atoms with Crippen LogP contribution in [0.2, 0.25) is 0 Å². The number of aliphatic imine (C=N–C) groups is 2. The van der Waals surface area contributed by atoms with Crippen molar-refractivity contribution >= 4 is 45.3 Å². The smallest absolute Gasteiger partial charge is 0.124 e. The van der Waals surface area contributed by atoms with E-state index in [1.54, 1.807) is 36.7 Å². The maximum Gasteiger partial charge on any atom is 0.124 e. The molecule has 3 heterocycles. The van der Waals surface area contributed by atoms with Crippen LogP contribution in [-0.2, 0) is 0 Å². The summed E-state index contributed by atoms with van der Waals surface area (Å²) >= 11 is 0. The molecule has 0 aliphatic carbocycles. The highest BCUT2D eigenvalue weighted by atomic mass is 16.3. The van der Waals surface area contributed by atoms with Crippen LogP contribution in [0.15, 0.2) is 131 Å². The van der Waals surface area contributed by atoms with Gasteiger partial charge in [0.25, 0.3) is 0 Å². The number of benzene rings is 6. The van der Waals surface area contributed by atoms with Crippen LogP contribution in [-0.4, -0.2) is 121 Å². The SMILES string of the molecule is CN1CCC[C@H]1CN1CCN(C[C@@H]2CCCN2C)CC1.Oc1ccccc1C=Nc1ccc2ccccc2c1-c1c(N=Cc2ccccc2O)ccc2ccccc12. The first-order chi connectivity index (χ1) is 28.4. The van der Waals surface area contributed by atoms with Crippen molar-refractivity contribution in [1.82, 2.24) is 19.6 Å². The molecule has 9 rings (SSSR count). The maximum atomic E-state index is 10.3. The maximum absolute atomic E-state index is 10.3. The minimum Gasteiger partial charge on any atom is -0.507 e. The minimum absolute atomic E-state index is 0.178. The van der Waals surface area contributed by atoms with E-state index >= 15 is 0 Å². The van der Waals surface area contributed by atoms with Gasteiger partial charge in [-0.25, -0.2) is 0 Å². The zero-order chi connectivity index (χ0) is 39.8. The molecule has 6 aromatic carbocycles. The lowest BCUT2D eigenvalue weighted by Crippen LogP contribution is -2.52. The molecule has 58 heavy (non-hydrogen) atoms. The molecule has 3 aliphatic rings. The largest absolute Gasteiger partial charge is 0.507 e. The molecule has 2 N–H and O–H groups in total. The second-order valence-electron chi connectivity index (χ2n) is 16.2. The Bertz CT molecular complexity index is 2220. The number of likely N-dealkylation sites (tertiary alicyclic amines) is 2. The highest BCUT2D eigenvalue weighted by Crippen LogP contribution is 2.45. The second-order valence-corrected chi connectivity index (χ2v) is 16.2. The van der Waals surface area contributed by atoms with Gasteiger partial charge < -0.3 is 20.0 Å². The van der Waals surface area contributed by atoms with Gasteiger partial charge in [-0.3, -0.25) is 19.8 Å². The third kappa shape index (κ3) is 9.16. The average molecular weight is 773 g/mol. The standard InChI is InChI=1S/C34H24N2O2.C16H32N4/c37-31-15-7-3-11-25(31)21-35-29-19-17-23-9-1-5-13-27(23)33(29)34-28-14-6-2-10-24(28)18-20-30(34)36-22-26-12-4-8-16-32(26)38;1-17-7-3-5-15(17)13-19-9-11-20(12-10-19)14-16-6-4-8-18(16)2/h1-22,37-38H;15-16H,3-14H2,1-2H3/t;15-,16-/m.0/s1. The summed E-state index contributed by atoms with van der Waals surface area (Å²) in [6, 6.07) is 40.6. The van der Waals surface area contributed by atoms with E-state index in [9.17, 15) is 10.2 Å². The van der Waals surface area contributed by atoms with Crippen LogP contribution in [0.1, 0.15) is 36.8 Å². The number of hydrogen-bond acceptors (Lipinski definition) is 8. The van der Waals surface area contributed by atoms with Crippen LogP contribution < -0.4 is 0 Å². The second kappa shape index (κ2) is 18.5. The topological polar surface area (TPSA) is 78.1 Å². The first kappa shape index (κ1) is 39.4. The fourth-order valence-electron chi connectivity index (χ4n) is 8.90. The summed E-state index contributed by atoms with van der Waals surface area (Å²) in [7, 11) is 4.59. The van der Waals surface area contributed by atoms with E-state index in [0.717, 1.165) is 56.1 Å². The lowest BCUT2D eigenvalue weighted by molar-refractivity contribution is 0.0930. The quantitative estimate of drug-likeness (QED) is 0.143. The molecule has 0 amide bonds. The fourth-order valence-corrected chi connectivity index (χ4v) is 8.90. The molecule has 0 aromatic heterocycles. The summed E-state index contributed by atoms with van der Waals surface area (Å²) in [5.74, 6) is 0.355. The van der Waals surface area contributed by atoms with Gasteiger partial charge in [0.2, 0.25) is 0 Å². The molecule has 0 spiro atoms. The zero-order valence-electron chi connectivity index (χ0n) is 33.9. The third-order valence-electron chi connectivity index (χ3n) is 12.4. The number of phenols is 2. The number of aromatic hydroxyl groups is 2. The summed E-state index contributed by atoms with van der Waals surface area (Å²) in [6.45, 7) is 10.3. The van der Waals surface area contributed by atoms with Crippen LogP contribution in [0.25, 0.3) is 32.7 Å². The lowest BCUT2D eigenvalue weighted by atomic mass is 9.91. The molecule has 8 nitrogen and oxygen atoms in total. The lowest BCUT2D eigenvalue weighted by Gasteiger charge is -2.38. The predicted octanol–water partition coefficient (Wildman–Crippen LogP) is 9.36. The molecule has 2 atom stereocenters. The first-order valence-electron chi connectivity index (χ1n) is 20.9. The van der Waals surface area contributed by atoms with E-state index < -0.39 is 0 Å². The van der Waals surface area contributed by atoms with Gasteiger partial charge in [0.05, 0.1) is 11.4 Å². The monoisotopic (exact) mass is 772 g/mol. The molecule has 3 saturated heterocycles. The fraction of sp³-hybridized carbons (Fsp3) is 0.320. The molecule has 3 fully saturated rings. The summed E-state index contributed by atoms with van der Waals surface area (Å²) in [6.07, 6.45) is 9.00. The zero-order valence-corrected chi connectivity index (χ0v) is 33.9. The number of para-hydroxylation sites is 2. The van der Waals surface area contributed by atoms with Crippen molar-refractivity contribution in [2.45, 2.75) is 37.8 Å². The van der Waals surface area contributed by atoms with Gasteiger partial charge in [0.1, 0.15) is 11.5 Å². The summed E-state index contributed by atoms with van der Waals surface area (Å²) in [5.41, 5.74) is 4.72. The number of phenolic OH excluding ortho intramolecular Hbond substituents is 2.